The lowest BCUT2D eigenvalue weighted by Crippen LogP contribution is -2.41. The third-order valence-corrected chi connectivity index (χ3v) is 15.2. The van der Waals surface area contributed by atoms with Gasteiger partial charge in [-0.05, 0) is 144 Å². The number of alkyl halides is 6. The van der Waals surface area contributed by atoms with Crippen molar-refractivity contribution in [2.45, 2.75) is 142 Å². The first-order valence-electron chi connectivity index (χ1n) is 25.6. The molecule has 7 heterocycles. The summed E-state index contributed by atoms with van der Waals surface area (Å²) in [6.07, 6.45) is -2.12. The molecule has 5 aliphatic heterocycles. The number of cyclic esters (lactones) is 2. The Kier molecular flexibility index (Phi) is 17.3. The highest BCUT2D eigenvalue weighted by atomic mass is 79.9. The molecule has 2 aromatic heterocycles. The number of pyridine rings is 2. The molecule has 0 aliphatic carbocycles. The summed E-state index contributed by atoms with van der Waals surface area (Å²) in [5.74, 6) is 1.63. The minimum atomic E-state index is -4.48. The van der Waals surface area contributed by atoms with Crippen LogP contribution >= 0.6 is 15.9 Å². The first-order chi connectivity index (χ1) is 35.2. The fourth-order valence-electron chi connectivity index (χ4n) is 11.0. The van der Waals surface area contributed by atoms with Crippen molar-refractivity contribution >= 4 is 45.4 Å². The number of amides is 2. The number of carbonyl (C=O) groups excluding carboxylic acids is 2. The van der Waals surface area contributed by atoms with E-state index in [-0.39, 0.29) is 25.2 Å². The van der Waals surface area contributed by atoms with E-state index in [1.165, 1.54) is 0 Å². The van der Waals surface area contributed by atoms with Gasteiger partial charge in [0.05, 0.1) is 48.2 Å². The number of ether oxygens (including phenoxy) is 4. The Hall–Kier alpha value is -5.34. The van der Waals surface area contributed by atoms with E-state index in [0.29, 0.717) is 48.7 Å². The van der Waals surface area contributed by atoms with Gasteiger partial charge in [0.15, 0.2) is 0 Å². The summed E-state index contributed by atoms with van der Waals surface area (Å²) >= 11 is 3.48. The molecule has 5 fully saturated rings. The highest BCUT2D eigenvalue weighted by molar-refractivity contribution is 9.10. The molecule has 402 valence electrons. The van der Waals surface area contributed by atoms with Crippen LogP contribution in [0, 0.1) is 13.8 Å². The average molecular weight is 1100 g/mol. The first kappa shape index (κ1) is 54.9. The van der Waals surface area contributed by atoms with E-state index in [0.717, 1.165) is 122 Å². The molecule has 5 aliphatic rings. The number of aromatic nitrogens is 2. The summed E-state index contributed by atoms with van der Waals surface area (Å²) in [5.41, 5.74) is 2.93. The number of halogens is 7. The zero-order valence-corrected chi connectivity index (χ0v) is 44.4. The Morgan fingerprint density at radius 1 is 0.622 bits per heavy atom. The second-order valence-corrected chi connectivity index (χ2v) is 20.8. The van der Waals surface area contributed by atoms with Crippen molar-refractivity contribution in [1.82, 2.24) is 19.8 Å². The Bertz CT molecular complexity index is 2610. The quantitative estimate of drug-likeness (QED) is 0.119. The van der Waals surface area contributed by atoms with Crippen LogP contribution in [0.5, 0.6) is 0 Å². The van der Waals surface area contributed by atoms with E-state index in [1.807, 2.05) is 19.2 Å². The maximum atomic E-state index is 13.5. The van der Waals surface area contributed by atoms with E-state index in [2.05, 4.69) is 55.5 Å². The summed E-state index contributed by atoms with van der Waals surface area (Å²) < 4.78 is 104. The molecule has 5 saturated heterocycles. The van der Waals surface area contributed by atoms with Gasteiger partial charge in [0.2, 0.25) is 0 Å². The lowest BCUT2D eigenvalue weighted by Gasteiger charge is -2.36. The molecule has 4 aromatic rings. The van der Waals surface area contributed by atoms with Crippen LogP contribution in [0.3, 0.4) is 0 Å². The number of anilines is 3. The lowest BCUT2D eigenvalue weighted by atomic mass is 9.98. The number of benzene rings is 2. The highest BCUT2D eigenvalue weighted by Crippen LogP contribution is 2.41. The van der Waals surface area contributed by atoms with Gasteiger partial charge in [0.1, 0.15) is 23.8 Å². The monoisotopic (exact) mass is 1100 g/mol. The van der Waals surface area contributed by atoms with Crippen LogP contribution in [0.4, 0.5) is 53.3 Å². The van der Waals surface area contributed by atoms with Gasteiger partial charge in [0.25, 0.3) is 0 Å². The molecule has 0 spiro atoms. The van der Waals surface area contributed by atoms with Crippen LogP contribution in [0.25, 0.3) is 0 Å². The molecule has 9 rings (SSSR count). The third kappa shape index (κ3) is 12.5. The molecule has 13 nitrogen and oxygen atoms in total. The average Bonchev–Trinajstić information content (AvgIpc) is 4.08. The lowest BCUT2D eigenvalue weighted by molar-refractivity contribution is -0.138. The molecule has 20 heteroatoms. The molecule has 74 heavy (non-hydrogen) atoms. The predicted molar refractivity (Wildman–Crippen MR) is 272 cm³/mol. The van der Waals surface area contributed by atoms with Gasteiger partial charge < -0.3 is 33.6 Å². The molecule has 4 atom stereocenters. The second-order valence-electron chi connectivity index (χ2n) is 19.9. The Morgan fingerprint density at radius 2 is 1.04 bits per heavy atom. The standard InChI is InChI=1S/C29H37F3N4O3.C25H29BrF3N3O3/c1-4-35(24-7-11-38-12-8-24)27-22(16-25(17-33-27)34-9-5-6-10-34)18-36-20(3)26(39-28(36)37)21-13-19(2)14-23(15-21)29(30,31)32;1-4-31(21-5-7-34-8-6-21)23-18(12-20(26)13-30-23)14-32-16(3)22(35-24(32)33)17-9-15(2)10-19(11-17)25(27,28)29/h13-17,20,24,26H,4-12,18H2,1-3H3;9-13,16,21-22H,4-8,14H2,1-3H3/t20-,26-;16-,22-/m00/s1. The van der Waals surface area contributed by atoms with Gasteiger partial charge in [-0.1, -0.05) is 23.3 Å². The summed E-state index contributed by atoms with van der Waals surface area (Å²) in [7, 11) is 0. The van der Waals surface area contributed by atoms with Crippen molar-refractivity contribution in [3.63, 3.8) is 0 Å². The van der Waals surface area contributed by atoms with Crippen molar-refractivity contribution in [2.75, 3.05) is 67.3 Å². The van der Waals surface area contributed by atoms with Crippen LogP contribution in [-0.2, 0) is 44.4 Å². The molecular weight excluding hydrogens is 1040 g/mol. The fourth-order valence-corrected chi connectivity index (χ4v) is 11.4. The van der Waals surface area contributed by atoms with Gasteiger partial charge in [-0.2, -0.15) is 26.3 Å². The van der Waals surface area contributed by atoms with Crippen LogP contribution in [-0.4, -0.2) is 109 Å². The summed E-state index contributed by atoms with van der Waals surface area (Å²) in [6.45, 7) is 17.8. The molecule has 0 radical (unpaired) electrons. The molecule has 0 saturated carbocycles. The van der Waals surface area contributed by atoms with Crippen molar-refractivity contribution in [3.05, 3.63) is 110 Å². The van der Waals surface area contributed by atoms with Crippen molar-refractivity contribution < 1.29 is 54.9 Å². The van der Waals surface area contributed by atoms with Gasteiger partial charge in [-0.25, -0.2) is 19.6 Å². The number of hydrogen-bond donors (Lipinski definition) is 0. The summed E-state index contributed by atoms with van der Waals surface area (Å²) in [5, 5.41) is 0. The second kappa shape index (κ2) is 23.3. The van der Waals surface area contributed by atoms with Gasteiger partial charge in [-0.3, -0.25) is 9.80 Å². The molecule has 0 N–H and O–H groups in total. The van der Waals surface area contributed by atoms with Gasteiger partial charge in [0, 0.05) is 86.5 Å². The predicted octanol–water partition coefficient (Wildman–Crippen LogP) is 12.4. The first-order valence-corrected chi connectivity index (χ1v) is 26.4. The largest absolute Gasteiger partial charge is 0.439 e. The molecule has 2 aromatic carbocycles. The van der Waals surface area contributed by atoms with E-state index in [1.54, 1.807) is 48.9 Å². The van der Waals surface area contributed by atoms with E-state index in [4.69, 9.17) is 23.9 Å². The maximum absolute atomic E-state index is 13.5. The minimum absolute atomic E-state index is 0.232. The number of aryl methyl sites for hydroxylation is 2. The van der Waals surface area contributed by atoms with Crippen molar-refractivity contribution in [3.8, 4) is 0 Å². The van der Waals surface area contributed by atoms with Crippen molar-refractivity contribution in [2.24, 2.45) is 0 Å². The van der Waals surface area contributed by atoms with E-state index >= 15 is 0 Å². The van der Waals surface area contributed by atoms with Crippen LogP contribution in [0.15, 0.2) is 65.4 Å². The zero-order valence-electron chi connectivity index (χ0n) is 42.8. The Morgan fingerprint density at radius 3 is 1.46 bits per heavy atom. The van der Waals surface area contributed by atoms with Crippen LogP contribution in [0.1, 0.15) is 123 Å². The molecular formula is C54H66BrF6N7O6. The maximum Gasteiger partial charge on any atom is 0.416 e. The minimum Gasteiger partial charge on any atom is -0.439 e. The van der Waals surface area contributed by atoms with Gasteiger partial charge >= 0.3 is 24.5 Å². The number of rotatable bonds is 13. The topological polar surface area (TPSA) is 113 Å². The van der Waals surface area contributed by atoms with E-state index in [9.17, 15) is 35.9 Å². The number of nitrogens with zero attached hydrogens (tertiary/aromatic N) is 7. The number of carbonyl (C=O) groups is 2. The van der Waals surface area contributed by atoms with Crippen LogP contribution < -0.4 is 14.7 Å². The van der Waals surface area contributed by atoms with E-state index < -0.39 is 60.0 Å². The summed E-state index contributed by atoms with van der Waals surface area (Å²) in [4.78, 5) is 45.7. The smallest absolute Gasteiger partial charge is 0.416 e. The zero-order chi connectivity index (χ0) is 53.1. The Labute approximate surface area is 437 Å². The Balaban J connectivity index is 0.000000198. The normalized spacial score (nSPS) is 21.9. The van der Waals surface area contributed by atoms with Crippen molar-refractivity contribution in [1.29, 1.82) is 0 Å². The molecule has 0 unspecified atom stereocenters. The summed E-state index contributed by atoms with van der Waals surface area (Å²) in [6, 6.07) is 11.4. The fraction of sp³-hybridized carbons (Fsp3) is 0.556. The number of hydrogen-bond acceptors (Lipinski definition) is 11. The SMILES string of the molecule is CCN(c1ncc(Br)cc1CN1C(=O)O[C@H](c2cc(C)cc(C(F)(F)F)c2)[C@@H]1C)C1CCOCC1.CCN(c1ncc(N2CCCC2)cc1CN1C(=O)O[C@H](c2cc(C)cc(C(F)(F)F)c2)[C@@H]1C)C1CCOCC1. The molecule has 0 bridgehead atoms. The van der Waals surface area contributed by atoms with Gasteiger partial charge in [-0.15, -0.1) is 0 Å². The van der Waals surface area contributed by atoms with Crippen LogP contribution in [0.2, 0.25) is 0 Å². The molecule has 2 amide bonds. The highest BCUT2D eigenvalue weighted by Gasteiger charge is 2.44. The third-order valence-electron chi connectivity index (χ3n) is 14.8.